The molecule has 0 aromatic carbocycles. The summed E-state index contributed by atoms with van der Waals surface area (Å²) in [6.45, 7) is 7.19. The van der Waals surface area contributed by atoms with E-state index in [1.165, 1.54) is 0 Å². The number of nitrogens with zero attached hydrogens (tertiary/aromatic N) is 1. The van der Waals surface area contributed by atoms with Gasteiger partial charge in [0.05, 0.1) is 12.1 Å². The number of likely N-dealkylation sites (N-methyl/N-ethyl adjacent to an activating group) is 1. The zero-order valence-electron chi connectivity index (χ0n) is 11.1. The van der Waals surface area contributed by atoms with Gasteiger partial charge in [-0.25, -0.2) is 0 Å². The van der Waals surface area contributed by atoms with Gasteiger partial charge in [-0.15, -0.1) is 0 Å². The van der Waals surface area contributed by atoms with E-state index in [-0.39, 0.29) is 5.91 Å². The largest absolute Gasteiger partial charge is 0.387 e. The van der Waals surface area contributed by atoms with Crippen LogP contribution in [0.25, 0.3) is 0 Å². The second-order valence-electron chi connectivity index (χ2n) is 5.52. The third kappa shape index (κ3) is 5.48. The summed E-state index contributed by atoms with van der Waals surface area (Å²) in [6, 6.07) is 0. The highest BCUT2D eigenvalue weighted by atomic mass is 16.3. The lowest BCUT2D eigenvalue weighted by molar-refractivity contribution is -0.122. The SMILES string of the molecule is CC(C)CNC(=O)CN(C)CC1(O)CCNC1. The molecule has 0 aromatic rings. The van der Waals surface area contributed by atoms with E-state index in [0.717, 1.165) is 13.0 Å². The number of β-amino-alcohol motifs (C(OH)–C–C–N with tert-alkyl or cyclic N) is 1. The molecule has 0 aliphatic carbocycles. The highest BCUT2D eigenvalue weighted by molar-refractivity contribution is 5.77. The number of hydrogen-bond acceptors (Lipinski definition) is 4. The topological polar surface area (TPSA) is 64.6 Å². The summed E-state index contributed by atoms with van der Waals surface area (Å²) in [7, 11) is 1.87. The zero-order valence-corrected chi connectivity index (χ0v) is 11.1. The molecule has 0 bridgehead atoms. The Labute approximate surface area is 104 Å². The van der Waals surface area contributed by atoms with Crippen LogP contribution >= 0.6 is 0 Å². The van der Waals surface area contributed by atoms with Gasteiger partial charge in [0.2, 0.25) is 5.91 Å². The van der Waals surface area contributed by atoms with Crippen molar-refractivity contribution in [2.75, 3.05) is 39.8 Å². The molecule has 0 saturated carbocycles. The zero-order chi connectivity index (χ0) is 12.9. The van der Waals surface area contributed by atoms with Crippen LogP contribution in [0.2, 0.25) is 0 Å². The second kappa shape index (κ2) is 6.33. The van der Waals surface area contributed by atoms with Crippen LogP contribution in [0.5, 0.6) is 0 Å². The Morgan fingerprint density at radius 2 is 2.29 bits per heavy atom. The molecular formula is C12H25N3O2. The minimum Gasteiger partial charge on any atom is -0.387 e. The maximum absolute atomic E-state index is 11.6. The standard InChI is InChI=1S/C12H25N3O2/c1-10(2)6-14-11(16)7-15(3)9-12(17)4-5-13-8-12/h10,13,17H,4-9H2,1-3H3,(H,14,16). The molecule has 3 N–H and O–H groups in total. The van der Waals surface area contributed by atoms with E-state index < -0.39 is 5.60 Å². The van der Waals surface area contributed by atoms with Crippen LogP contribution in [0.4, 0.5) is 0 Å². The summed E-state index contributed by atoms with van der Waals surface area (Å²) in [5.41, 5.74) is -0.674. The lowest BCUT2D eigenvalue weighted by Crippen LogP contribution is -2.46. The summed E-state index contributed by atoms with van der Waals surface area (Å²) in [4.78, 5) is 13.5. The molecule has 1 atom stereocenters. The monoisotopic (exact) mass is 243 g/mol. The van der Waals surface area contributed by atoms with Crippen molar-refractivity contribution < 1.29 is 9.90 Å². The summed E-state index contributed by atoms with van der Waals surface area (Å²) in [6.07, 6.45) is 0.755. The number of carbonyl (C=O) groups is 1. The molecule has 1 fully saturated rings. The highest BCUT2D eigenvalue weighted by Crippen LogP contribution is 2.14. The second-order valence-corrected chi connectivity index (χ2v) is 5.52. The normalized spacial score (nSPS) is 24.6. The van der Waals surface area contributed by atoms with Gasteiger partial charge in [0.1, 0.15) is 0 Å². The van der Waals surface area contributed by atoms with Crippen molar-refractivity contribution in [1.29, 1.82) is 0 Å². The third-order valence-electron chi connectivity index (χ3n) is 2.91. The quantitative estimate of drug-likeness (QED) is 0.584. The Morgan fingerprint density at radius 1 is 1.59 bits per heavy atom. The Bertz CT molecular complexity index is 250. The Morgan fingerprint density at radius 3 is 2.82 bits per heavy atom. The minimum absolute atomic E-state index is 0.0238. The molecule has 1 rings (SSSR count). The van der Waals surface area contributed by atoms with Gasteiger partial charge in [-0.05, 0) is 25.9 Å². The van der Waals surface area contributed by atoms with Crippen molar-refractivity contribution in [3.05, 3.63) is 0 Å². The molecule has 0 aromatic heterocycles. The molecule has 17 heavy (non-hydrogen) atoms. The Hall–Kier alpha value is -0.650. The first-order chi connectivity index (χ1) is 7.91. The van der Waals surface area contributed by atoms with Crippen LogP contribution in [0.3, 0.4) is 0 Å². The van der Waals surface area contributed by atoms with Crippen LogP contribution in [0.1, 0.15) is 20.3 Å². The minimum atomic E-state index is -0.674. The smallest absolute Gasteiger partial charge is 0.234 e. The summed E-state index contributed by atoms with van der Waals surface area (Å²) >= 11 is 0. The number of aliphatic hydroxyl groups is 1. The predicted molar refractivity (Wildman–Crippen MR) is 67.8 cm³/mol. The lowest BCUT2D eigenvalue weighted by Gasteiger charge is -2.27. The number of rotatable bonds is 6. The van der Waals surface area contributed by atoms with Gasteiger partial charge in [-0.2, -0.15) is 0 Å². The number of nitrogens with one attached hydrogen (secondary N) is 2. The average Bonchev–Trinajstić information content (AvgIpc) is 2.61. The summed E-state index contributed by atoms with van der Waals surface area (Å²) in [5, 5.41) is 16.2. The first-order valence-electron chi connectivity index (χ1n) is 6.30. The van der Waals surface area contributed by atoms with E-state index in [1.807, 2.05) is 11.9 Å². The third-order valence-corrected chi connectivity index (χ3v) is 2.91. The van der Waals surface area contributed by atoms with Gasteiger partial charge >= 0.3 is 0 Å². The summed E-state index contributed by atoms with van der Waals surface area (Å²) < 4.78 is 0. The number of amides is 1. The van der Waals surface area contributed by atoms with Gasteiger partial charge in [0, 0.05) is 19.6 Å². The van der Waals surface area contributed by atoms with Crippen molar-refractivity contribution in [3.8, 4) is 0 Å². The number of carbonyl (C=O) groups excluding carboxylic acids is 1. The van der Waals surface area contributed by atoms with Gasteiger partial charge < -0.3 is 15.7 Å². The van der Waals surface area contributed by atoms with Crippen molar-refractivity contribution >= 4 is 5.91 Å². The number of hydrogen-bond donors (Lipinski definition) is 3. The molecule has 0 radical (unpaired) electrons. The molecule has 5 heteroatoms. The van der Waals surface area contributed by atoms with Gasteiger partial charge in [-0.3, -0.25) is 9.69 Å². The lowest BCUT2D eigenvalue weighted by atomic mass is 10.0. The maximum atomic E-state index is 11.6. The van der Waals surface area contributed by atoms with Crippen LogP contribution in [-0.2, 0) is 4.79 Å². The van der Waals surface area contributed by atoms with E-state index >= 15 is 0 Å². The van der Waals surface area contributed by atoms with Crippen molar-refractivity contribution in [1.82, 2.24) is 15.5 Å². The first kappa shape index (κ1) is 14.4. The highest BCUT2D eigenvalue weighted by Gasteiger charge is 2.32. The van der Waals surface area contributed by atoms with Crippen LogP contribution < -0.4 is 10.6 Å². The van der Waals surface area contributed by atoms with Crippen LogP contribution in [-0.4, -0.2) is 61.3 Å². The molecule has 1 unspecified atom stereocenters. The molecular weight excluding hydrogens is 218 g/mol. The van der Waals surface area contributed by atoms with Crippen LogP contribution in [0, 0.1) is 5.92 Å². The Kier molecular flexibility index (Phi) is 5.36. The molecule has 100 valence electrons. The van der Waals surface area contributed by atoms with E-state index in [9.17, 15) is 9.90 Å². The average molecular weight is 243 g/mol. The van der Waals surface area contributed by atoms with Gasteiger partial charge in [-0.1, -0.05) is 13.8 Å². The molecule has 1 amide bonds. The van der Waals surface area contributed by atoms with Crippen molar-refractivity contribution in [2.45, 2.75) is 25.9 Å². The van der Waals surface area contributed by atoms with E-state index in [2.05, 4.69) is 24.5 Å². The van der Waals surface area contributed by atoms with E-state index in [0.29, 0.717) is 32.1 Å². The van der Waals surface area contributed by atoms with Gasteiger partial charge in [0.15, 0.2) is 0 Å². The van der Waals surface area contributed by atoms with Gasteiger partial charge in [0.25, 0.3) is 0 Å². The maximum Gasteiger partial charge on any atom is 0.234 e. The predicted octanol–water partition coefficient (Wildman–Crippen LogP) is -0.585. The van der Waals surface area contributed by atoms with E-state index in [4.69, 9.17) is 0 Å². The molecule has 5 nitrogen and oxygen atoms in total. The van der Waals surface area contributed by atoms with E-state index in [1.54, 1.807) is 0 Å². The molecule has 1 aliphatic heterocycles. The fraction of sp³-hybridized carbons (Fsp3) is 0.917. The van der Waals surface area contributed by atoms with Crippen molar-refractivity contribution in [2.24, 2.45) is 5.92 Å². The van der Waals surface area contributed by atoms with Crippen molar-refractivity contribution in [3.63, 3.8) is 0 Å². The molecule has 1 aliphatic rings. The fourth-order valence-corrected chi connectivity index (χ4v) is 2.04. The first-order valence-corrected chi connectivity index (χ1v) is 6.30. The Balaban J connectivity index is 2.24. The summed E-state index contributed by atoms with van der Waals surface area (Å²) in [5.74, 6) is 0.489. The fourth-order valence-electron chi connectivity index (χ4n) is 2.04. The molecule has 1 saturated heterocycles. The molecule has 1 heterocycles. The molecule has 0 spiro atoms. The van der Waals surface area contributed by atoms with Crippen LogP contribution in [0.15, 0.2) is 0 Å².